The number of halogens is 2. The highest BCUT2D eigenvalue weighted by Gasteiger charge is 2.18. The topological polar surface area (TPSA) is 67.5 Å². The number of aromatic carboxylic acids is 1. The van der Waals surface area contributed by atoms with Crippen LogP contribution in [0.5, 0.6) is 0 Å². The molecule has 118 valence electrons. The van der Waals surface area contributed by atoms with Crippen molar-refractivity contribution in [1.29, 1.82) is 0 Å². The van der Waals surface area contributed by atoms with Crippen LogP contribution in [0, 0.1) is 13.8 Å². The molecule has 2 aromatic heterocycles. The minimum atomic E-state index is -1.04. The molecule has 0 saturated heterocycles. The fourth-order valence-corrected chi connectivity index (χ4v) is 2.97. The molecule has 23 heavy (non-hydrogen) atoms. The van der Waals surface area contributed by atoms with E-state index in [-0.39, 0.29) is 5.56 Å². The van der Waals surface area contributed by atoms with Crippen LogP contribution < -0.4 is 0 Å². The summed E-state index contributed by atoms with van der Waals surface area (Å²) in [6.07, 6.45) is 1.86. The quantitative estimate of drug-likeness (QED) is 0.777. The maximum Gasteiger partial charge on any atom is 0.341 e. The summed E-state index contributed by atoms with van der Waals surface area (Å²) >= 11 is 12.3. The molecule has 0 fully saturated rings. The Balaban J connectivity index is 2.15. The number of carboxylic acid groups (broad SMARTS) is 1. The molecule has 1 aromatic carbocycles. The third-order valence-corrected chi connectivity index (χ3v) is 4.42. The Bertz CT molecular complexity index is 935. The van der Waals surface area contributed by atoms with E-state index < -0.39 is 5.97 Å². The monoisotopic (exact) mass is 349 g/mol. The molecule has 0 spiro atoms. The van der Waals surface area contributed by atoms with Gasteiger partial charge in [0.15, 0.2) is 5.65 Å². The SMILES string of the molecule is Cc1nc2c(C(=O)O)cnn2c(C)c1Cc1cc(Cl)ccc1Cl. The third-order valence-electron chi connectivity index (χ3n) is 3.81. The van der Waals surface area contributed by atoms with Gasteiger partial charge in [-0.1, -0.05) is 23.2 Å². The Morgan fingerprint density at radius 1 is 1.30 bits per heavy atom. The summed E-state index contributed by atoms with van der Waals surface area (Å²) in [5.74, 6) is -1.04. The minimum Gasteiger partial charge on any atom is -0.477 e. The van der Waals surface area contributed by atoms with E-state index in [4.69, 9.17) is 23.2 Å². The number of aryl methyl sites for hydroxylation is 2. The van der Waals surface area contributed by atoms with Gasteiger partial charge < -0.3 is 5.11 Å². The van der Waals surface area contributed by atoms with Gasteiger partial charge in [-0.25, -0.2) is 14.3 Å². The van der Waals surface area contributed by atoms with Crippen LogP contribution in [0.25, 0.3) is 5.65 Å². The van der Waals surface area contributed by atoms with E-state index in [9.17, 15) is 9.90 Å². The van der Waals surface area contributed by atoms with Gasteiger partial charge in [0.1, 0.15) is 5.56 Å². The molecule has 0 atom stereocenters. The Kier molecular flexibility index (Phi) is 4.00. The zero-order chi connectivity index (χ0) is 16.7. The predicted octanol–water partition coefficient (Wildman–Crippen LogP) is 3.94. The van der Waals surface area contributed by atoms with Crippen LogP contribution in [0.2, 0.25) is 10.0 Å². The summed E-state index contributed by atoms with van der Waals surface area (Å²) in [5, 5.41) is 14.6. The van der Waals surface area contributed by atoms with E-state index in [2.05, 4.69) is 10.1 Å². The van der Waals surface area contributed by atoms with Gasteiger partial charge in [-0.2, -0.15) is 5.10 Å². The minimum absolute atomic E-state index is 0.0866. The maximum atomic E-state index is 11.2. The normalized spacial score (nSPS) is 11.1. The van der Waals surface area contributed by atoms with Gasteiger partial charge in [-0.3, -0.25) is 0 Å². The average molecular weight is 350 g/mol. The number of aromatic nitrogens is 3. The van der Waals surface area contributed by atoms with E-state index in [0.29, 0.717) is 22.1 Å². The van der Waals surface area contributed by atoms with Crippen LogP contribution in [0.15, 0.2) is 24.4 Å². The number of hydrogen-bond acceptors (Lipinski definition) is 3. The molecule has 7 heteroatoms. The van der Waals surface area contributed by atoms with Crippen LogP contribution in [0.4, 0.5) is 0 Å². The molecule has 3 aromatic rings. The zero-order valence-electron chi connectivity index (χ0n) is 12.5. The number of carbonyl (C=O) groups is 1. The van der Waals surface area contributed by atoms with Gasteiger partial charge in [0.05, 0.1) is 6.20 Å². The van der Waals surface area contributed by atoms with Crippen molar-refractivity contribution in [3.05, 3.63) is 62.5 Å². The number of carboxylic acids is 1. The number of benzene rings is 1. The van der Waals surface area contributed by atoms with Crippen LogP contribution in [-0.2, 0) is 6.42 Å². The highest BCUT2D eigenvalue weighted by molar-refractivity contribution is 6.33. The summed E-state index contributed by atoms with van der Waals surface area (Å²) in [4.78, 5) is 15.6. The molecule has 0 aliphatic heterocycles. The molecular weight excluding hydrogens is 337 g/mol. The van der Waals surface area contributed by atoms with E-state index in [0.717, 1.165) is 22.5 Å². The van der Waals surface area contributed by atoms with Gasteiger partial charge in [-0.05, 0) is 43.2 Å². The zero-order valence-corrected chi connectivity index (χ0v) is 14.0. The lowest BCUT2D eigenvalue weighted by Crippen LogP contribution is -2.08. The molecule has 3 rings (SSSR count). The second kappa shape index (κ2) is 5.83. The Labute approximate surface area is 142 Å². The standard InChI is InChI=1S/C16H13Cl2N3O2/c1-8-12(6-10-5-11(17)3-4-14(10)18)9(2)21-15(20-8)13(7-19-21)16(22)23/h3-5,7H,6H2,1-2H3,(H,22,23). The van der Waals surface area contributed by atoms with Crippen molar-refractivity contribution in [2.24, 2.45) is 0 Å². The molecule has 0 saturated carbocycles. The summed E-state index contributed by atoms with van der Waals surface area (Å²) in [5.41, 5.74) is 3.83. The second-order valence-electron chi connectivity index (χ2n) is 5.27. The van der Waals surface area contributed by atoms with Crippen molar-refractivity contribution in [2.75, 3.05) is 0 Å². The van der Waals surface area contributed by atoms with Crippen molar-refractivity contribution in [3.8, 4) is 0 Å². The van der Waals surface area contributed by atoms with Gasteiger partial charge in [0, 0.05) is 27.9 Å². The van der Waals surface area contributed by atoms with Gasteiger partial charge in [0.2, 0.25) is 0 Å². The lowest BCUT2D eigenvalue weighted by molar-refractivity contribution is 0.0699. The third kappa shape index (κ3) is 2.78. The van der Waals surface area contributed by atoms with E-state index in [1.807, 2.05) is 19.9 Å². The van der Waals surface area contributed by atoms with Crippen LogP contribution in [0.1, 0.15) is 32.9 Å². The Morgan fingerprint density at radius 2 is 2.04 bits per heavy atom. The first-order valence-corrected chi connectivity index (χ1v) is 7.65. The van der Waals surface area contributed by atoms with E-state index >= 15 is 0 Å². The first-order chi connectivity index (χ1) is 10.9. The molecule has 0 aliphatic rings. The molecule has 0 bridgehead atoms. The maximum absolute atomic E-state index is 11.2. The average Bonchev–Trinajstić information content (AvgIpc) is 2.91. The van der Waals surface area contributed by atoms with E-state index in [1.165, 1.54) is 6.20 Å². The fraction of sp³-hybridized carbons (Fsp3) is 0.188. The van der Waals surface area contributed by atoms with Crippen molar-refractivity contribution < 1.29 is 9.90 Å². The van der Waals surface area contributed by atoms with Gasteiger partial charge in [-0.15, -0.1) is 0 Å². The first-order valence-electron chi connectivity index (χ1n) is 6.89. The largest absolute Gasteiger partial charge is 0.477 e. The second-order valence-corrected chi connectivity index (χ2v) is 6.12. The molecule has 1 N–H and O–H groups in total. The van der Waals surface area contributed by atoms with Crippen LogP contribution >= 0.6 is 23.2 Å². The summed E-state index contributed by atoms with van der Waals surface area (Å²) in [7, 11) is 0. The number of rotatable bonds is 3. The van der Waals surface area contributed by atoms with Crippen LogP contribution in [0.3, 0.4) is 0 Å². The Hall–Kier alpha value is -2.11. The summed E-state index contributed by atoms with van der Waals surface area (Å²) in [6.45, 7) is 3.73. The Morgan fingerprint density at radius 3 is 2.74 bits per heavy atom. The van der Waals surface area contributed by atoms with Crippen molar-refractivity contribution in [3.63, 3.8) is 0 Å². The summed E-state index contributed by atoms with van der Waals surface area (Å²) in [6, 6.07) is 5.31. The lowest BCUT2D eigenvalue weighted by atomic mass is 10.0. The van der Waals surface area contributed by atoms with Crippen molar-refractivity contribution >= 4 is 34.8 Å². The smallest absolute Gasteiger partial charge is 0.341 e. The van der Waals surface area contributed by atoms with E-state index in [1.54, 1.807) is 16.6 Å². The van der Waals surface area contributed by atoms with Crippen LogP contribution in [-0.4, -0.2) is 25.7 Å². The molecule has 0 unspecified atom stereocenters. The molecular formula is C16H13Cl2N3O2. The highest BCUT2D eigenvalue weighted by atomic mass is 35.5. The lowest BCUT2D eigenvalue weighted by Gasteiger charge is -2.12. The highest BCUT2D eigenvalue weighted by Crippen LogP contribution is 2.26. The van der Waals surface area contributed by atoms with Crippen molar-refractivity contribution in [2.45, 2.75) is 20.3 Å². The van der Waals surface area contributed by atoms with Crippen molar-refractivity contribution in [1.82, 2.24) is 14.6 Å². The molecule has 0 amide bonds. The number of nitrogens with zero attached hydrogens (tertiary/aromatic N) is 3. The predicted molar refractivity (Wildman–Crippen MR) is 88.7 cm³/mol. The number of fused-ring (bicyclic) bond motifs is 1. The first kappa shape index (κ1) is 15.8. The van der Waals surface area contributed by atoms with Gasteiger partial charge in [0.25, 0.3) is 0 Å². The fourth-order valence-electron chi connectivity index (χ4n) is 2.59. The molecule has 2 heterocycles. The number of hydrogen-bond donors (Lipinski definition) is 1. The molecule has 0 aliphatic carbocycles. The molecule has 0 radical (unpaired) electrons. The summed E-state index contributed by atoms with van der Waals surface area (Å²) < 4.78 is 1.55. The molecule has 5 nitrogen and oxygen atoms in total. The van der Waals surface area contributed by atoms with Gasteiger partial charge >= 0.3 is 5.97 Å².